The van der Waals surface area contributed by atoms with Gasteiger partial charge in [-0.25, -0.2) is 17.2 Å². The van der Waals surface area contributed by atoms with Crippen LogP contribution in [0.5, 0.6) is 0 Å². The number of sulfonamides is 1. The SMILES string of the molecule is CCCC(CC)S(=O)(=O)Nc1ccc(NCc2ccc(F)cc2)c(F)c1. The van der Waals surface area contributed by atoms with E-state index in [1.807, 2.05) is 13.8 Å². The van der Waals surface area contributed by atoms with Crippen LogP contribution in [0.1, 0.15) is 38.7 Å². The molecule has 142 valence electrons. The first-order chi connectivity index (χ1) is 12.4. The number of rotatable bonds is 9. The minimum absolute atomic E-state index is 0.199. The average molecular weight is 382 g/mol. The van der Waals surface area contributed by atoms with Gasteiger partial charge in [0.25, 0.3) is 0 Å². The monoisotopic (exact) mass is 382 g/mol. The first kappa shape index (κ1) is 20.2. The van der Waals surface area contributed by atoms with E-state index in [0.717, 1.165) is 18.1 Å². The summed E-state index contributed by atoms with van der Waals surface area (Å²) in [6, 6.07) is 10.1. The predicted octanol–water partition coefficient (Wildman–Crippen LogP) is 4.90. The topological polar surface area (TPSA) is 58.2 Å². The number of benzene rings is 2. The molecule has 0 aromatic heterocycles. The molecule has 0 saturated heterocycles. The van der Waals surface area contributed by atoms with Gasteiger partial charge in [-0.2, -0.15) is 0 Å². The quantitative estimate of drug-likeness (QED) is 0.649. The summed E-state index contributed by atoms with van der Waals surface area (Å²) < 4.78 is 54.4. The molecule has 0 bridgehead atoms. The van der Waals surface area contributed by atoms with Crippen LogP contribution in [0.3, 0.4) is 0 Å². The molecule has 0 aliphatic carbocycles. The van der Waals surface area contributed by atoms with Crippen molar-refractivity contribution in [1.82, 2.24) is 0 Å². The van der Waals surface area contributed by atoms with Gasteiger partial charge in [0.15, 0.2) is 0 Å². The highest BCUT2D eigenvalue weighted by Gasteiger charge is 2.23. The summed E-state index contributed by atoms with van der Waals surface area (Å²) in [7, 11) is -3.55. The zero-order valence-electron chi connectivity index (χ0n) is 14.9. The molecule has 0 aliphatic rings. The minimum atomic E-state index is -3.55. The van der Waals surface area contributed by atoms with E-state index in [4.69, 9.17) is 0 Å². The van der Waals surface area contributed by atoms with E-state index in [1.165, 1.54) is 24.3 Å². The largest absolute Gasteiger partial charge is 0.379 e. The van der Waals surface area contributed by atoms with Crippen LogP contribution < -0.4 is 10.0 Å². The highest BCUT2D eigenvalue weighted by Crippen LogP contribution is 2.23. The lowest BCUT2D eigenvalue weighted by Gasteiger charge is -2.17. The molecule has 2 N–H and O–H groups in total. The molecular weight excluding hydrogens is 358 g/mol. The molecule has 2 aromatic carbocycles. The third-order valence-corrected chi connectivity index (χ3v) is 6.10. The van der Waals surface area contributed by atoms with Crippen LogP contribution in [-0.4, -0.2) is 13.7 Å². The summed E-state index contributed by atoms with van der Waals surface area (Å²) in [5.74, 6) is -0.888. The van der Waals surface area contributed by atoms with Gasteiger partial charge in [0, 0.05) is 12.6 Å². The molecule has 1 unspecified atom stereocenters. The van der Waals surface area contributed by atoms with Gasteiger partial charge in [-0.3, -0.25) is 4.72 Å². The molecule has 0 amide bonds. The van der Waals surface area contributed by atoms with Crippen LogP contribution in [0.15, 0.2) is 42.5 Å². The molecule has 26 heavy (non-hydrogen) atoms. The van der Waals surface area contributed by atoms with E-state index in [1.54, 1.807) is 12.1 Å². The molecule has 0 spiro atoms. The molecule has 1 atom stereocenters. The molecule has 0 saturated carbocycles. The maximum atomic E-state index is 14.3. The summed E-state index contributed by atoms with van der Waals surface area (Å²) in [6.45, 7) is 4.08. The van der Waals surface area contributed by atoms with Crippen LogP contribution in [0.2, 0.25) is 0 Å². The van der Waals surface area contributed by atoms with Gasteiger partial charge in [0.2, 0.25) is 10.0 Å². The van der Waals surface area contributed by atoms with E-state index in [2.05, 4.69) is 10.0 Å². The lowest BCUT2D eigenvalue weighted by molar-refractivity contribution is 0.569. The smallest absolute Gasteiger partial charge is 0.235 e. The number of anilines is 2. The molecule has 2 aromatic rings. The Kier molecular flexibility index (Phi) is 6.97. The van der Waals surface area contributed by atoms with Gasteiger partial charge in [-0.05, 0) is 42.7 Å². The van der Waals surface area contributed by atoms with Gasteiger partial charge in [-0.15, -0.1) is 0 Å². The van der Waals surface area contributed by atoms with Gasteiger partial charge in [0.1, 0.15) is 11.6 Å². The summed E-state index contributed by atoms with van der Waals surface area (Å²) in [5, 5.41) is 2.42. The first-order valence-electron chi connectivity index (χ1n) is 8.65. The van der Waals surface area contributed by atoms with Gasteiger partial charge < -0.3 is 5.32 Å². The fraction of sp³-hybridized carbons (Fsp3) is 0.368. The Labute approximate surface area is 153 Å². The fourth-order valence-electron chi connectivity index (χ4n) is 2.67. The second kappa shape index (κ2) is 8.98. The fourth-order valence-corrected chi connectivity index (χ4v) is 4.28. The van der Waals surface area contributed by atoms with E-state index in [9.17, 15) is 17.2 Å². The number of hydrogen-bond donors (Lipinski definition) is 2. The Bertz CT molecular complexity index is 824. The zero-order chi connectivity index (χ0) is 19.2. The number of nitrogens with one attached hydrogen (secondary N) is 2. The summed E-state index contributed by atoms with van der Waals surface area (Å²) in [6.07, 6.45) is 1.83. The molecule has 4 nitrogen and oxygen atoms in total. The maximum absolute atomic E-state index is 14.3. The normalized spacial score (nSPS) is 12.6. The summed E-state index contributed by atoms with van der Waals surface area (Å²) >= 11 is 0. The number of halogens is 2. The van der Waals surface area contributed by atoms with Crippen LogP contribution in [0.4, 0.5) is 20.2 Å². The van der Waals surface area contributed by atoms with Crippen molar-refractivity contribution >= 4 is 21.4 Å². The second-order valence-corrected chi connectivity index (χ2v) is 8.10. The van der Waals surface area contributed by atoms with Crippen molar-refractivity contribution < 1.29 is 17.2 Å². The van der Waals surface area contributed by atoms with Crippen LogP contribution >= 0.6 is 0 Å². The molecule has 7 heteroatoms. The number of hydrogen-bond acceptors (Lipinski definition) is 3. The van der Waals surface area contributed by atoms with Crippen LogP contribution in [-0.2, 0) is 16.6 Å². The standard InChI is InChI=1S/C19H24F2N2O2S/c1-3-5-17(4-2)26(24,25)23-16-10-11-19(18(21)12-16)22-13-14-6-8-15(20)9-7-14/h6-12,17,22-23H,3-5,13H2,1-2H3. The van der Waals surface area contributed by atoms with Gasteiger partial charge in [0.05, 0.1) is 16.6 Å². The van der Waals surface area contributed by atoms with Crippen molar-refractivity contribution in [1.29, 1.82) is 0 Å². The van der Waals surface area contributed by atoms with E-state index in [0.29, 0.717) is 19.4 Å². The lowest BCUT2D eigenvalue weighted by Crippen LogP contribution is -2.27. The maximum Gasteiger partial charge on any atom is 0.235 e. The summed E-state index contributed by atoms with van der Waals surface area (Å²) in [4.78, 5) is 0. The van der Waals surface area contributed by atoms with E-state index >= 15 is 0 Å². The Morgan fingerprint density at radius 2 is 1.73 bits per heavy atom. The van der Waals surface area contributed by atoms with Gasteiger partial charge in [-0.1, -0.05) is 32.4 Å². The van der Waals surface area contributed by atoms with E-state index < -0.39 is 21.1 Å². The van der Waals surface area contributed by atoms with E-state index in [-0.39, 0.29) is 17.2 Å². The predicted molar refractivity (Wildman–Crippen MR) is 102 cm³/mol. The Balaban J connectivity index is 2.05. The lowest BCUT2D eigenvalue weighted by atomic mass is 10.2. The van der Waals surface area contributed by atoms with Crippen LogP contribution in [0.25, 0.3) is 0 Å². The third-order valence-electron chi connectivity index (χ3n) is 4.13. The van der Waals surface area contributed by atoms with Crippen LogP contribution in [0, 0.1) is 11.6 Å². The summed E-state index contributed by atoms with van der Waals surface area (Å²) in [5.41, 5.74) is 1.25. The minimum Gasteiger partial charge on any atom is -0.379 e. The van der Waals surface area contributed by atoms with Crippen molar-refractivity contribution in [2.75, 3.05) is 10.0 Å². The van der Waals surface area contributed by atoms with Crippen molar-refractivity contribution in [3.8, 4) is 0 Å². The second-order valence-electron chi connectivity index (χ2n) is 6.14. The highest BCUT2D eigenvalue weighted by molar-refractivity contribution is 7.93. The Morgan fingerprint density at radius 3 is 2.31 bits per heavy atom. The van der Waals surface area contributed by atoms with Crippen molar-refractivity contribution in [2.24, 2.45) is 0 Å². The van der Waals surface area contributed by atoms with Gasteiger partial charge >= 0.3 is 0 Å². The average Bonchev–Trinajstić information content (AvgIpc) is 2.60. The Hall–Kier alpha value is -2.15. The van der Waals surface area contributed by atoms with Crippen molar-refractivity contribution in [3.63, 3.8) is 0 Å². The molecular formula is C19H24F2N2O2S. The molecule has 0 aliphatic heterocycles. The molecule has 0 heterocycles. The Morgan fingerprint density at radius 1 is 1.04 bits per heavy atom. The molecule has 0 radical (unpaired) electrons. The third kappa shape index (κ3) is 5.42. The molecule has 0 fully saturated rings. The van der Waals surface area contributed by atoms with Crippen molar-refractivity contribution in [3.05, 3.63) is 59.7 Å². The first-order valence-corrected chi connectivity index (χ1v) is 10.2. The zero-order valence-corrected chi connectivity index (χ0v) is 15.7. The van der Waals surface area contributed by atoms with Crippen molar-refractivity contribution in [2.45, 2.75) is 44.9 Å². The molecule has 2 rings (SSSR count). The highest BCUT2D eigenvalue weighted by atomic mass is 32.2.